The molecule has 0 bridgehead atoms. The third-order valence-corrected chi connectivity index (χ3v) is 5.36. The number of rotatable bonds is 8. The summed E-state index contributed by atoms with van der Waals surface area (Å²) in [7, 11) is 1.71. The van der Waals surface area contributed by atoms with Crippen molar-refractivity contribution >= 4 is 5.96 Å². The largest absolute Gasteiger partial charge is 0.496 e. The molecule has 0 saturated carbocycles. The van der Waals surface area contributed by atoms with E-state index in [1.54, 1.807) is 13.4 Å². The molecule has 4 rings (SSSR count). The number of nitrogens with zero attached hydrogens (tertiary/aromatic N) is 1. The molecule has 3 aromatic rings. The zero-order chi connectivity index (χ0) is 21.3. The highest BCUT2D eigenvalue weighted by atomic mass is 16.5. The summed E-state index contributed by atoms with van der Waals surface area (Å²) in [4.78, 5) is 4.80. The molecule has 0 amide bonds. The molecule has 1 unspecified atom stereocenters. The van der Waals surface area contributed by atoms with Crippen LogP contribution >= 0.6 is 0 Å². The van der Waals surface area contributed by atoms with Gasteiger partial charge in [0.1, 0.15) is 17.3 Å². The van der Waals surface area contributed by atoms with Gasteiger partial charge in [0.25, 0.3) is 0 Å². The summed E-state index contributed by atoms with van der Waals surface area (Å²) in [5, 5.41) is 7.09. The number of aliphatic imine (C=N–C) groups is 1. The standard InChI is InChI=1S/C25H29N3O3/c1-29-23-10-4-2-7-19(23)12-15-26-25(27-16-13-20-8-6-17-30-20)28-22-14-18-31-24-11-5-3-9-21(22)24/h2-11,17,22H,12-16,18H2,1H3,(H2,26,27,28). The molecule has 1 atom stereocenters. The molecule has 0 saturated heterocycles. The van der Waals surface area contributed by atoms with Crippen molar-refractivity contribution in [1.82, 2.24) is 10.6 Å². The van der Waals surface area contributed by atoms with Crippen molar-refractivity contribution in [2.75, 3.05) is 26.8 Å². The van der Waals surface area contributed by atoms with Gasteiger partial charge in [0.05, 0.1) is 26.0 Å². The fourth-order valence-electron chi connectivity index (χ4n) is 3.77. The van der Waals surface area contributed by atoms with Gasteiger partial charge < -0.3 is 24.5 Å². The van der Waals surface area contributed by atoms with Crippen LogP contribution in [-0.4, -0.2) is 32.8 Å². The Labute approximate surface area is 183 Å². The van der Waals surface area contributed by atoms with E-state index in [0.29, 0.717) is 13.2 Å². The van der Waals surface area contributed by atoms with Gasteiger partial charge in [-0.05, 0) is 36.2 Å². The van der Waals surface area contributed by atoms with Crippen LogP contribution in [0.3, 0.4) is 0 Å². The van der Waals surface area contributed by atoms with E-state index >= 15 is 0 Å². The second-order valence-electron chi connectivity index (χ2n) is 7.42. The van der Waals surface area contributed by atoms with Crippen LogP contribution in [0.1, 0.15) is 29.3 Å². The highest BCUT2D eigenvalue weighted by Gasteiger charge is 2.21. The van der Waals surface area contributed by atoms with E-state index in [1.807, 2.05) is 48.5 Å². The molecule has 6 nitrogen and oxygen atoms in total. The maximum absolute atomic E-state index is 5.80. The van der Waals surface area contributed by atoms with Crippen LogP contribution < -0.4 is 20.1 Å². The number of furan rings is 1. The van der Waals surface area contributed by atoms with E-state index in [9.17, 15) is 0 Å². The van der Waals surface area contributed by atoms with Gasteiger partial charge in [-0.3, -0.25) is 4.99 Å². The average Bonchev–Trinajstić information content (AvgIpc) is 3.33. The summed E-state index contributed by atoms with van der Waals surface area (Å²) in [6, 6.07) is 20.3. The highest BCUT2D eigenvalue weighted by Crippen LogP contribution is 2.31. The number of hydrogen-bond acceptors (Lipinski definition) is 4. The Morgan fingerprint density at radius 2 is 1.94 bits per heavy atom. The number of guanidine groups is 1. The van der Waals surface area contributed by atoms with E-state index in [1.165, 1.54) is 11.1 Å². The molecular formula is C25H29N3O3. The Balaban J connectivity index is 1.42. The molecule has 2 aromatic carbocycles. The summed E-state index contributed by atoms with van der Waals surface area (Å²) in [6.07, 6.45) is 4.19. The van der Waals surface area contributed by atoms with E-state index in [4.69, 9.17) is 18.9 Å². The van der Waals surface area contributed by atoms with Gasteiger partial charge in [-0.15, -0.1) is 0 Å². The molecule has 0 radical (unpaired) electrons. The summed E-state index contributed by atoms with van der Waals surface area (Å²) < 4.78 is 16.7. The lowest BCUT2D eigenvalue weighted by Crippen LogP contribution is -2.42. The summed E-state index contributed by atoms with van der Waals surface area (Å²) >= 11 is 0. The van der Waals surface area contributed by atoms with E-state index in [0.717, 1.165) is 49.0 Å². The van der Waals surface area contributed by atoms with Crippen molar-refractivity contribution in [3.8, 4) is 11.5 Å². The van der Waals surface area contributed by atoms with Gasteiger partial charge in [0.15, 0.2) is 5.96 Å². The molecule has 1 aliphatic heterocycles. The summed E-state index contributed by atoms with van der Waals surface area (Å²) in [6.45, 7) is 2.08. The van der Waals surface area contributed by atoms with Crippen molar-refractivity contribution in [2.24, 2.45) is 4.99 Å². The van der Waals surface area contributed by atoms with E-state index < -0.39 is 0 Å². The second-order valence-corrected chi connectivity index (χ2v) is 7.42. The molecule has 1 aliphatic rings. The molecule has 2 heterocycles. The normalized spacial score (nSPS) is 15.6. The summed E-state index contributed by atoms with van der Waals surface area (Å²) in [5.74, 6) is 3.58. The third kappa shape index (κ3) is 5.60. The van der Waals surface area contributed by atoms with Gasteiger partial charge in [-0.1, -0.05) is 36.4 Å². The molecule has 0 aliphatic carbocycles. The first kappa shape index (κ1) is 20.8. The number of para-hydroxylation sites is 2. The molecule has 0 fully saturated rings. The number of nitrogens with one attached hydrogen (secondary N) is 2. The zero-order valence-electron chi connectivity index (χ0n) is 17.8. The van der Waals surface area contributed by atoms with Crippen LogP contribution in [0.4, 0.5) is 0 Å². The van der Waals surface area contributed by atoms with Crippen LogP contribution in [0.25, 0.3) is 0 Å². The fourth-order valence-corrected chi connectivity index (χ4v) is 3.77. The van der Waals surface area contributed by atoms with Crippen molar-refractivity contribution in [2.45, 2.75) is 25.3 Å². The van der Waals surface area contributed by atoms with Gasteiger partial charge in [-0.2, -0.15) is 0 Å². The molecule has 0 spiro atoms. The third-order valence-electron chi connectivity index (χ3n) is 5.36. The molecule has 31 heavy (non-hydrogen) atoms. The molecular weight excluding hydrogens is 390 g/mol. The second kappa shape index (κ2) is 10.6. The van der Waals surface area contributed by atoms with Crippen LogP contribution in [0.5, 0.6) is 11.5 Å². The van der Waals surface area contributed by atoms with Crippen LogP contribution in [-0.2, 0) is 12.8 Å². The topological polar surface area (TPSA) is 68.0 Å². The molecule has 2 N–H and O–H groups in total. The predicted molar refractivity (Wildman–Crippen MR) is 122 cm³/mol. The first-order chi connectivity index (χ1) is 15.3. The van der Waals surface area contributed by atoms with Crippen LogP contribution in [0.15, 0.2) is 76.3 Å². The minimum Gasteiger partial charge on any atom is -0.496 e. The Bertz CT molecular complexity index is 985. The lowest BCUT2D eigenvalue weighted by molar-refractivity contribution is 0.261. The molecule has 1 aromatic heterocycles. The maximum atomic E-state index is 5.80. The van der Waals surface area contributed by atoms with Gasteiger partial charge in [0.2, 0.25) is 0 Å². The first-order valence-electron chi connectivity index (χ1n) is 10.7. The van der Waals surface area contributed by atoms with E-state index in [-0.39, 0.29) is 6.04 Å². The minimum absolute atomic E-state index is 0.158. The van der Waals surface area contributed by atoms with Crippen molar-refractivity contribution < 1.29 is 13.9 Å². The highest BCUT2D eigenvalue weighted by molar-refractivity contribution is 5.80. The molecule has 162 valence electrons. The fraction of sp³-hybridized carbons (Fsp3) is 0.320. The SMILES string of the molecule is COc1ccccc1CCNC(=NCCc1ccco1)NC1CCOc2ccccc21. The van der Waals surface area contributed by atoms with Crippen molar-refractivity contribution in [1.29, 1.82) is 0 Å². The Hall–Kier alpha value is -3.41. The van der Waals surface area contributed by atoms with E-state index in [2.05, 4.69) is 22.8 Å². The van der Waals surface area contributed by atoms with Gasteiger partial charge >= 0.3 is 0 Å². The smallest absolute Gasteiger partial charge is 0.191 e. The monoisotopic (exact) mass is 419 g/mol. The zero-order valence-corrected chi connectivity index (χ0v) is 17.8. The van der Waals surface area contributed by atoms with Crippen LogP contribution in [0, 0.1) is 0 Å². The lowest BCUT2D eigenvalue weighted by atomic mass is 10.0. The van der Waals surface area contributed by atoms with Crippen molar-refractivity contribution in [3.63, 3.8) is 0 Å². The number of ether oxygens (including phenoxy) is 2. The Morgan fingerprint density at radius 1 is 1.06 bits per heavy atom. The number of benzene rings is 2. The van der Waals surface area contributed by atoms with Crippen molar-refractivity contribution in [3.05, 3.63) is 83.8 Å². The number of methoxy groups -OCH3 is 1. The van der Waals surface area contributed by atoms with Gasteiger partial charge in [0, 0.05) is 31.5 Å². The average molecular weight is 420 g/mol. The Morgan fingerprint density at radius 3 is 2.81 bits per heavy atom. The molecule has 6 heteroatoms. The quantitative estimate of drug-likeness (QED) is 0.424. The van der Waals surface area contributed by atoms with Crippen LogP contribution in [0.2, 0.25) is 0 Å². The number of fused-ring (bicyclic) bond motifs is 1. The van der Waals surface area contributed by atoms with Gasteiger partial charge in [-0.25, -0.2) is 0 Å². The minimum atomic E-state index is 0.158. The number of hydrogen-bond donors (Lipinski definition) is 2. The Kier molecular flexibility index (Phi) is 7.11. The predicted octanol–water partition coefficient (Wildman–Crippen LogP) is 4.13. The first-order valence-corrected chi connectivity index (χ1v) is 10.7. The lowest BCUT2D eigenvalue weighted by Gasteiger charge is -2.28. The maximum Gasteiger partial charge on any atom is 0.191 e. The summed E-state index contributed by atoms with van der Waals surface area (Å²) in [5.41, 5.74) is 2.34.